The van der Waals surface area contributed by atoms with Gasteiger partial charge in [-0.3, -0.25) is 10.4 Å². The smallest absolute Gasteiger partial charge is 0.248 e. The van der Waals surface area contributed by atoms with Gasteiger partial charge in [0.25, 0.3) is 0 Å². The summed E-state index contributed by atoms with van der Waals surface area (Å²) in [5, 5.41) is 13.6. The van der Waals surface area contributed by atoms with Crippen molar-refractivity contribution in [2.45, 2.75) is 32.6 Å². The van der Waals surface area contributed by atoms with E-state index in [2.05, 4.69) is 35.8 Å². The van der Waals surface area contributed by atoms with E-state index in [1.54, 1.807) is 0 Å². The highest BCUT2D eigenvalue weighted by atomic mass is 15.3. The molecule has 1 saturated heterocycles. The van der Waals surface area contributed by atoms with Crippen molar-refractivity contribution in [3.05, 3.63) is 23.3 Å². The lowest BCUT2D eigenvalue weighted by atomic mass is 9.99. The molecule has 20 heavy (non-hydrogen) atoms. The second kappa shape index (κ2) is 5.54. The summed E-state index contributed by atoms with van der Waals surface area (Å²) in [4.78, 5) is 13.1. The molecular weight excluding hydrogens is 254 g/mol. The number of aromatic nitrogens is 5. The van der Waals surface area contributed by atoms with E-state index in [0.717, 1.165) is 36.7 Å². The van der Waals surface area contributed by atoms with Crippen LogP contribution >= 0.6 is 0 Å². The molecule has 3 N–H and O–H groups in total. The third-order valence-electron chi connectivity index (χ3n) is 3.39. The van der Waals surface area contributed by atoms with E-state index in [0.29, 0.717) is 17.8 Å². The summed E-state index contributed by atoms with van der Waals surface area (Å²) in [7, 11) is 0. The van der Waals surface area contributed by atoms with Crippen LogP contribution in [0.25, 0.3) is 0 Å². The van der Waals surface area contributed by atoms with Crippen molar-refractivity contribution in [1.29, 1.82) is 0 Å². The molecule has 0 aromatic carbocycles. The highest BCUT2D eigenvalue weighted by molar-refractivity contribution is 5.42. The number of hydrogen-bond acceptors (Lipinski definition) is 6. The second-order valence-electron chi connectivity index (χ2n) is 5.19. The van der Waals surface area contributed by atoms with Crippen molar-refractivity contribution >= 4 is 11.9 Å². The fraction of sp³-hybridized carbons (Fsp3) is 0.538. The molecule has 0 radical (unpaired) electrons. The van der Waals surface area contributed by atoms with Crippen LogP contribution in [0.3, 0.4) is 0 Å². The highest BCUT2D eigenvalue weighted by Gasteiger charge is 2.19. The fourth-order valence-corrected chi connectivity index (χ4v) is 2.48. The summed E-state index contributed by atoms with van der Waals surface area (Å²) in [6.07, 6.45) is 2.32. The third-order valence-corrected chi connectivity index (χ3v) is 3.39. The molecule has 1 fully saturated rings. The van der Waals surface area contributed by atoms with Crippen molar-refractivity contribution < 1.29 is 0 Å². The minimum Gasteiger partial charge on any atom is -0.316 e. The first-order valence-corrected chi connectivity index (χ1v) is 6.93. The van der Waals surface area contributed by atoms with E-state index < -0.39 is 0 Å². The van der Waals surface area contributed by atoms with Gasteiger partial charge in [-0.15, -0.1) is 5.10 Å². The molecule has 0 bridgehead atoms. The van der Waals surface area contributed by atoms with Gasteiger partial charge in [-0.05, 0) is 39.3 Å². The van der Waals surface area contributed by atoms with Crippen molar-refractivity contribution in [1.82, 2.24) is 30.5 Å². The summed E-state index contributed by atoms with van der Waals surface area (Å²) in [6.45, 7) is 5.93. The lowest BCUT2D eigenvalue weighted by Gasteiger charge is -2.19. The van der Waals surface area contributed by atoms with E-state index in [-0.39, 0.29) is 0 Å². The number of nitrogens with one attached hydrogen (secondary N) is 3. The Bertz CT molecular complexity index is 566. The van der Waals surface area contributed by atoms with Gasteiger partial charge in [0.1, 0.15) is 5.82 Å². The SMILES string of the molecule is Cc1cc(C)nc(Nc2n[nH]c(C3CCCNC3)n2)n1. The number of hydrogen-bond donors (Lipinski definition) is 3. The predicted octanol–water partition coefficient (Wildman–Crippen LogP) is 1.42. The number of aromatic amines is 1. The number of anilines is 2. The first kappa shape index (κ1) is 13.0. The van der Waals surface area contributed by atoms with Crippen LogP contribution in [0, 0.1) is 13.8 Å². The van der Waals surface area contributed by atoms with Gasteiger partial charge < -0.3 is 5.32 Å². The molecule has 106 valence electrons. The zero-order chi connectivity index (χ0) is 13.9. The maximum Gasteiger partial charge on any atom is 0.248 e. The zero-order valence-electron chi connectivity index (χ0n) is 11.8. The summed E-state index contributed by atoms with van der Waals surface area (Å²) in [5.41, 5.74) is 1.85. The van der Waals surface area contributed by atoms with Gasteiger partial charge in [-0.25, -0.2) is 9.97 Å². The van der Waals surface area contributed by atoms with Crippen LogP contribution in [0.4, 0.5) is 11.9 Å². The van der Waals surface area contributed by atoms with Crippen molar-refractivity contribution in [3.63, 3.8) is 0 Å². The number of piperidine rings is 1. The standard InChI is InChI=1S/C13H19N7/c1-8-6-9(2)16-12(15-8)18-13-17-11(19-20-13)10-4-3-5-14-7-10/h6,10,14H,3-5,7H2,1-2H3,(H2,15,16,17,18,19,20). The Hall–Kier alpha value is -2.02. The monoisotopic (exact) mass is 273 g/mol. The van der Waals surface area contributed by atoms with E-state index in [9.17, 15) is 0 Å². The quantitative estimate of drug-likeness (QED) is 0.783. The third kappa shape index (κ3) is 2.93. The average molecular weight is 273 g/mol. The Morgan fingerprint density at radius 3 is 2.65 bits per heavy atom. The average Bonchev–Trinajstić information content (AvgIpc) is 2.87. The van der Waals surface area contributed by atoms with Crippen molar-refractivity contribution in [2.75, 3.05) is 18.4 Å². The Morgan fingerprint density at radius 1 is 1.15 bits per heavy atom. The topological polar surface area (TPSA) is 91.4 Å². The van der Waals surface area contributed by atoms with E-state index in [1.807, 2.05) is 19.9 Å². The molecule has 3 rings (SSSR count). The number of H-pyrrole nitrogens is 1. The number of nitrogens with zero attached hydrogens (tertiary/aromatic N) is 4. The Balaban J connectivity index is 1.73. The lowest BCUT2D eigenvalue weighted by Crippen LogP contribution is -2.28. The minimum atomic E-state index is 0.409. The molecule has 1 unspecified atom stereocenters. The van der Waals surface area contributed by atoms with E-state index in [4.69, 9.17) is 0 Å². The number of rotatable bonds is 3. The molecule has 1 aliphatic heterocycles. The maximum absolute atomic E-state index is 4.49. The van der Waals surface area contributed by atoms with E-state index in [1.165, 1.54) is 6.42 Å². The van der Waals surface area contributed by atoms with Crippen LogP contribution in [0.5, 0.6) is 0 Å². The normalized spacial score (nSPS) is 19.0. The van der Waals surface area contributed by atoms with E-state index >= 15 is 0 Å². The molecule has 2 aromatic heterocycles. The molecule has 2 aromatic rings. The molecule has 1 atom stereocenters. The Kier molecular flexibility index (Phi) is 3.60. The minimum absolute atomic E-state index is 0.409. The summed E-state index contributed by atoms with van der Waals surface area (Å²) < 4.78 is 0. The van der Waals surface area contributed by atoms with Gasteiger partial charge in [0, 0.05) is 23.9 Å². The zero-order valence-corrected chi connectivity index (χ0v) is 11.8. The largest absolute Gasteiger partial charge is 0.316 e. The molecule has 0 spiro atoms. The summed E-state index contributed by atoms with van der Waals surface area (Å²) in [5.74, 6) is 2.39. The number of aryl methyl sites for hydroxylation is 2. The van der Waals surface area contributed by atoms with Crippen LogP contribution in [-0.4, -0.2) is 38.2 Å². The Labute approximate surface area is 117 Å². The second-order valence-corrected chi connectivity index (χ2v) is 5.19. The fourth-order valence-electron chi connectivity index (χ4n) is 2.48. The lowest BCUT2D eigenvalue weighted by molar-refractivity contribution is 0.447. The van der Waals surface area contributed by atoms with Crippen LogP contribution in [0.2, 0.25) is 0 Å². The molecule has 1 aliphatic rings. The van der Waals surface area contributed by atoms with Gasteiger partial charge in [0.05, 0.1) is 0 Å². The van der Waals surface area contributed by atoms with Crippen LogP contribution < -0.4 is 10.6 Å². The summed E-state index contributed by atoms with van der Waals surface area (Å²) >= 11 is 0. The molecule has 7 nitrogen and oxygen atoms in total. The molecule has 0 saturated carbocycles. The van der Waals surface area contributed by atoms with Crippen LogP contribution in [0.15, 0.2) is 6.07 Å². The highest BCUT2D eigenvalue weighted by Crippen LogP contribution is 2.21. The molecule has 0 amide bonds. The van der Waals surface area contributed by atoms with Crippen molar-refractivity contribution in [2.24, 2.45) is 0 Å². The van der Waals surface area contributed by atoms with Crippen molar-refractivity contribution in [3.8, 4) is 0 Å². The van der Waals surface area contributed by atoms with Crippen LogP contribution in [-0.2, 0) is 0 Å². The first-order valence-electron chi connectivity index (χ1n) is 6.93. The van der Waals surface area contributed by atoms with Gasteiger partial charge in [-0.2, -0.15) is 4.98 Å². The summed E-state index contributed by atoms with van der Waals surface area (Å²) in [6, 6.07) is 1.93. The first-order chi connectivity index (χ1) is 9.70. The van der Waals surface area contributed by atoms with Gasteiger partial charge in [0.15, 0.2) is 0 Å². The molecular formula is C13H19N7. The maximum atomic E-state index is 4.49. The molecule has 3 heterocycles. The predicted molar refractivity (Wildman–Crippen MR) is 76.0 cm³/mol. The van der Waals surface area contributed by atoms with Gasteiger partial charge >= 0.3 is 0 Å². The molecule has 7 heteroatoms. The van der Waals surface area contributed by atoms with Gasteiger partial charge in [-0.1, -0.05) is 0 Å². The van der Waals surface area contributed by atoms with Crippen LogP contribution in [0.1, 0.15) is 36.0 Å². The Morgan fingerprint density at radius 2 is 1.95 bits per heavy atom. The van der Waals surface area contributed by atoms with Gasteiger partial charge in [0.2, 0.25) is 11.9 Å². The molecule has 0 aliphatic carbocycles.